The summed E-state index contributed by atoms with van der Waals surface area (Å²) in [6, 6.07) is 10.7. The predicted octanol–water partition coefficient (Wildman–Crippen LogP) is 3.07. The van der Waals surface area contributed by atoms with Crippen LogP contribution in [0.1, 0.15) is 37.6 Å². The van der Waals surface area contributed by atoms with Gasteiger partial charge in [-0.05, 0) is 36.5 Å². The normalized spacial score (nSPS) is 17.9. The fraction of sp³-hybridized carbons (Fsp3) is 0.438. The minimum absolute atomic E-state index is 0.313. The molecule has 4 heteroatoms. The Hall–Kier alpha value is -1.97. The van der Waals surface area contributed by atoms with Gasteiger partial charge in [0.25, 0.3) is 0 Å². The molecule has 0 saturated heterocycles. The molecule has 0 aliphatic carbocycles. The van der Waals surface area contributed by atoms with Gasteiger partial charge in [-0.15, -0.1) is 0 Å². The molecule has 20 heavy (non-hydrogen) atoms. The number of nitrogens with one attached hydrogen (secondary N) is 1. The van der Waals surface area contributed by atoms with Gasteiger partial charge in [0.05, 0.1) is 11.7 Å². The highest BCUT2D eigenvalue weighted by atomic mass is 15.4. The number of aromatic nitrogens is 2. The van der Waals surface area contributed by atoms with E-state index in [1.165, 1.54) is 11.3 Å². The molecule has 0 spiro atoms. The molecule has 3 rings (SSSR count). The van der Waals surface area contributed by atoms with E-state index in [4.69, 9.17) is 10.8 Å². The Labute approximate surface area is 120 Å². The standard InChI is InChI=1S/C16H22N4/c1-11(2)9-14-10-16-18-8-7-15(20(16)19-14)12-3-5-13(17)6-4-12/h3-6,10-11,15,18H,7-9,17H2,1-2H3. The summed E-state index contributed by atoms with van der Waals surface area (Å²) in [7, 11) is 0. The molecule has 1 aliphatic rings. The molecular weight excluding hydrogens is 248 g/mol. The van der Waals surface area contributed by atoms with Crippen molar-refractivity contribution in [2.75, 3.05) is 17.6 Å². The molecule has 0 fully saturated rings. The number of nitrogen functional groups attached to an aromatic ring is 1. The molecule has 1 aromatic carbocycles. The molecule has 3 N–H and O–H groups in total. The molecule has 1 aliphatic heterocycles. The van der Waals surface area contributed by atoms with Crippen molar-refractivity contribution in [3.63, 3.8) is 0 Å². The van der Waals surface area contributed by atoms with Gasteiger partial charge in [-0.3, -0.25) is 0 Å². The van der Waals surface area contributed by atoms with Crippen LogP contribution in [0.3, 0.4) is 0 Å². The number of nitrogens with two attached hydrogens (primary N) is 1. The van der Waals surface area contributed by atoms with Gasteiger partial charge in [0, 0.05) is 18.3 Å². The zero-order valence-corrected chi connectivity index (χ0v) is 12.1. The number of fused-ring (bicyclic) bond motifs is 1. The van der Waals surface area contributed by atoms with E-state index < -0.39 is 0 Å². The van der Waals surface area contributed by atoms with Crippen molar-refractivity contribution >= 4 is 11.5 Å². The van der Waals surface area contributed by atoms with Gasteiger partial charge in [0.15, 0.2) is 0 Å². The first kappa shape index (κ1) is 13.0. The third-order valence-corrected chi connectivity index (χ3v) is 3.74. The first-order valence-electron chi connectivity index (χ1n) is 7.31. The second-order valence-electron chi connectivity index (χ2n) is 5.96. The lowest BCUT2D eigenvalue weighted by atomic mass is 10.0. The molecule has 4 nitrogen and oxygen atoms in total. The minimum atomic E-state index is 0.313. The van der Waals surface area contributed by atoms with Gasteiger partial charge < -0.3 is 11.1 Å². The van der Waals surface area contributed by atoms with E-state index in [2.05, 4.69) is 42.0 Å². The summed E-state index contributed by atoms with van der Waals surface area (Å²) in [6.07, 6.45) is 2.08. The second-order valence-corrected chi connectivity index (χ2v) is 5.96. The maximum atomic E-state index is 5.78. The number of rotatable bonds is 3. The van der Waals surface area contributed by atoms with E-state index >= 15 is 0 Å². The van der Waals surface area contributed by atoms with Gasteiger partial charge >= 0.3 is 0 Å². The first-order valence-corrected chi connectivity index (χ1v) is 7.31. The number of anilines is 2. The van der Waals surface area contributed by atoms with Crippen LogP contribution < -0.4 is 11.1 Å². The van der Waals surface area contributed by atoms with Crippen molar-refractivity contribution in [2.45, 2.75) is 32.7 Å². The Morgan fingerprint density at radius 2 is 2.10 bits per heavy atom. The number of benzene rings is 1. The average molecular weight is 270 g/mol. The van der Waals surface area contributed by atoms with Crippen LogP contribution in [0, 0.1) is 5.92 Å². The summed E-state index contributed by atoms with van der Waals surface area (Å²) in [6.45, 7) is 5.44. The zero-order valence-electron chi connectivity index (χ0n) is 12.1. The Morgan fingerprint density at radius 3 is 2.80 bits per heavy atom. The molecule has 1 atom stereocenters. The molecule has 0 saturated carbocycles. The lowest BCUT2D eigenvalue weighted by Crippen LogP contribution is -2.24. The fourth-order valence-electron chi connectivity index (χ4n) is 2.82. The summed E-state index contributed by atoms with van der Waals surface area (Å²) in [5.74, 6) is 1.76. The minimum Gasteiger partial charge on any atom is -0.399 e. The molecule has 106 valence electrons. The highest BCUT2D eigenvalue weighted by Gasteiger charge is 2.23. The van der Waals surface area contributed by atoms with Crippen LogP contribution in [0.2, 0.25) is 0 Å². The topological polar surface area (TPSA) is 55.9 Å². The quantitative estimate of drug-likeness (QED) is 0.843. The van der Waals surface area contributed by atoms with Gasteiger partial charge in [0.2, 0.25) is 0 Å². The Balaban J connectivity index is 1.92. The van der Waals surface area contributed by atoms with Crippen LogP contribution in [0.5, 0.6) is 0 Å². The lowest BCUT2D eigenvalue weighted by Gasteiger charge is -2.26. The van der Waals surface area contributed by atoms with Crippen molar-refractivity contribution in [2.24, 2.45) is 5.92 Å². The summed E-state index contributed by atoms with van der Waals surface area (Å²) >= 11 is 0. The van der Waals surface area contributed by atoms with Crippen LogP contribution in [0.4, 0.5) is 11.5 Å². The third-order valence-electron chi connectivity index (χ3n) is 3.74. The van der Waals surface area contributed by atoms with E-state index in [1.807, 2.05) is 12.1 Å². The molecule has 0 radical (unpaired) electrons. The van der Waals surface area contributed by atoms with Crippen molar-refractivity contribution in [3.05, 3.63) is 41.6 Å². The Morgan fingerprint density at radius 1 is 1.35 bits per heavy atom. The average Bonchev–Trinajstić information content (AvgIpc) is 2.80. The van der Waals surface area contributed by atoms with Gasteiger partial charge in [-0.1, -0.05) is 26.0 Å². The second kappa shape index (κ2) is 5.19. The number of nitrogens with zero attached hydrogens (tertiary/aromatic N) is 2. The highest BCUT2D eigenvalue weighted by molar-refractivity contribution is 5.44. The van der Waals surface area contributed by atoms with Gasteiger partial charge in [-0.2, -0.15) is 5.10 Å². The van der Waals surface area contributed by atoms with Gasteiger partial charge in [0.1, 0.15) is 5.82 Å². The predicted molar refractivity (Wildman–Crippen MR) is 82.9 cm³/mol. The van der Waals surface area contributed by atoms with Crippen LogP contribution in [0.25, 0.3) is 0 Å². The van der Waals surface area contributed by atoms with E-state index in [1.54, 1.807) is 0 Å². The smallest absolute Gasteiger partial charge is 0.125 e. The van der Waals surface area contributed by atoms with E-state index in [0.717, 1.165) is 30.9 Å². The van der Waals surface area contributed by atoms with E-state index in [-0.39, 0.29) is 0 Å². The number of hydrogen-bond donors (Lipinski definition) is 2. The largest absolute Gasteiger partial charge is 0.399 e. The molecule has 0 bridgehead atoms. The highest BCUT2D eigenvalue weighted by Crippen LogP contribution is 2.30. The van der Waals surface area contributed by atoms with Crippen LogP contribution >= 0.6 is 0 Å². The summed E-state index contributed by atoms with van der Waals surface area (Å²) in [4.78, 5) is 0. The van der Waals surface area contributed by atoms with Crippen molar-refractivity contribution in [1.29, 1.82) is 0 Å². The SMILES string of the molecule is CC(C)Cc1cc2n(n1)C(c1ccc(N)cc1)CCN2. The van der Waals surface area contributed by atoms with Gasteiger partial charge in [-0.25, -0.2) is 4.68 Å². The van der Waals surface area contributed by atoms with E-state index in [9.17, 15) is 0 Å². The van der Waals surface area contributed by atoms with Crippen LogP contribution in [0.15, 0.2) is 30.3 Å². The van der Waals surface area contributed by atoms with Crippen LogP contribution in [-0.2, 0) is 6.42 Å². The molecule has 1 unspecified atom stereocenters. The van der Waals surface area contributed by atoms with Crippen LogP contribution in [-0.4, -0.2) is 16.3 Å². The summed E-state index contributed by atoms with van der Waals surface area (Å²) in [5.41, 5.74) is 9.03. The third kappa shape index (κ3) is 2.50. The zero-order chi connectivity index (χ0) is 14.1. The molecule has 0 amide bonds. The summed E-state index contributed by atoms with van der Waals surface area (Å²) < 4.78 is 2.13. The first-order chi connectivity index (χ1) is 9.63. The fourth-order valence-corrected chi connectivity index (χ4v) is 2.82. The Bertz CT molecular complexity index is 583. The monoisotopic (exact) mass is 270 g/mol. The van der Waals surface area contributed by atoms with E-state index in [0.29, 0.717) is 12.0 Å². The molecule has 2 heterocycles. The van der Waals surface area contributed by atoms with Crippen molar-refractivity contribution in [1.82, 2.24) is 9.78 Å². The van der Waals surface area contributed by atoms with Crippen molar-refractivity contribution in [3.8, 4) is 0 Å². The van der Waals surface area contributed by atoms with Crippen molar-refractivity contribution < 1.29 is 0 Å². The molecule has 2 aromatic rings. The maximum absolute atomic E-state index is 5.78. The maximum Gasteiger partial charge on any atom is 0.125 e. The molecular formula is C16H22N4. The lowest BCUT2D eigenvalue weighted by molar-refractivity contribution is 0.474. The summed E-state index contributed by atoms with van der Waals surface area (Å²) in [5, 5.41) is 8.24. The Kier molecular flexibility index (Phi) is 3.38. The molecule has 1 aromatic heterocycles. The number of hydrogen-bond acceptors (Lipinski definition) is 3.